The van der Waals surface area contributed by atoms with E-state index in [9.17, 15) is 13.2 Å². The number of benzene rings is 1. The van der Waals surface area contributed by atoms with Crippen LogP contribution in [0.1, 0.15) is 38.3 Å². The zero-order chi connectivity index (χ0) is 17.3. The van der Waals surface area contributed by atoms with Gasteiger partial charge in [-0.15, -0.1) is 0 Å². The summed E-state index contributed by atoms with van der Waals surface area (Å²) < 4.78 is 25.3. The molecule has 0 aromatic heterocycles. The molecule has 0 atom stereocenters. The first-order valence-electron chi connectivity index (χ1n) is 7.91. The molecule has 0 spiro atoms. The van der Waals surface area contributed by atoms with Crippen LogP contribution in [-0.4, -0.2) is 48.4 Å². The van der Waals surface area contributed by atoms with Gasteiger partial charge in [0, 0.05) is 31.6 Å². The van der Waals surface area contributed by atoms with Gasteiger partial charge in [0.25, 0.3) is 0 Å². The van der Waals surface area contributed by atoms with Gasteiger partial charge < -0.3 is 4.90 Å². The third-order valence-corrected chi connectivity index (χ3v) is 5.69. The minimum atomic E-state index is -3.34. The average Bonchev–Trinajstić information content (AvgIpc) is 2.43. The van der Waals surface area contributed by atoms with E-state index in [1.165, 1.54) is 21.7 Å². The molecule has 0 aliphatic carbocycles. The Balaban J connectivity index is 2.00. The van der Waals surface area contributed by atoms with Gasteiger partial charge in [0.2, 0.25) is 15.9 Å². The maximum atomic E-state index is 12.5. The maximum absolute atomic E-state index is 12.5. The standard InChI is InChI=1S/C17H26N2O3S/c1-17(2,3)19(23(4,21)22)12-10-16(20)18-11-9-14-7-5-6-8-15(14)13-18/h5-8H,9-13H2,1-4H3. The lowest BCUT2D eigenvalue weighted by molar-refractivity contribution is -0.132. The highest BCUT2D eigenvalue weighted by atomic mass is 32.2. The summed E-state index contributed by atoms with van der Waals surface area (Å²) in [6.07, 6.45) is 2.27. The zero-order valence-electron chi connectivity index (χ0n) is 14.4. The van der Waals surface area contributed by atoms with Crippen LogP contribution in [-0.2, 0) is 27.8 Å². The fourth-order valence-electron chi connectivity index (χ4n) is 3.06. The summed E-state index contributed by atoms with van der Waals surface area (Å²) in [6, 6.07) is 8.15. The highest BCUT2D eigenvalue weighted by molar-refractivity contribution is 7.88. The normalized spacial score (nSPS) is 15.6. The Bertz CT molecular complexity index is 677. The minimum absolute atomic E-state index is 0.0115. The molecule has 23 heavy (non-hydrogen) atoms. The summed E-state index contributed by atoms with van der Waals surface area (Å²) in [5.41, 5.74) is 1.95. The lowest BCUT2D eigenvalue weighted by Crippen LogP contribution is -2.47. The molecule has 0 N–H and O–H groups in total. The fraction of sp³-hybridized carbons (Fsp3) is 0.588. The van der Waals surface area contributed by atoms with Crippen molar-refractivity contribution in [2.24, 2.45) is 0 Å². The Labute approximate surface area is 139 Å². The van der Waals surface area contributed by atoms with E-state index < -0.39 is 15.6 Å². The Morgan fingerprint density at radius 1 is 1.22 bits per heavy atom. The van der Waals surface area contributed by atoms with E-state index >= 15 is 0 Å². The molecule has 6 heteroatoms. The lowest BCUT2D eigenvalue weighted by Gasteiger charge is -2.34. The monoisotopic (exact) mass is 338 g/mol. The zero-order valence-corrected chi connectivity index (χ0v) is 15.2. The molecular weight excluding hydrogens is 312 g/mol. The molecule has 0 saturated heterocycles. The summed E-state index contributed by atoms with van der Waals surface area (Å²) in [7, 11) is -3.34. The smallest absolute Gasteiger partial charge is 0.224 e. The SMILES string of the molecule is CC(C)(C)N(CCC(=O)N1CCc2ccccc2C1)S(C)(=O)=O. The van der Waals surface area contributed by atoms with E-state index in [-0.39, 0.29) is 18.9 Å². The first-order valence-corrected chi connectivity index (χ1v) is 9.76. The van der Waals surface area contributed by atoms with Gasteiger partial charge in [-0.25, -0.2) is 8.42 Å². The van der Waals surface area contributed by atoms with Gasteiger partial charge in [0.15, 0.2) is 0 Å². The van der Waals surface area contributed by atoms with Crippen LogP contribution in [0, 0.1) is 0 Å². The van der Waals surface area contributed by atoms with Crippen molar-refractivity contribution in [3.05, 3.63) is 35.4 Å². The molecule has 0 unspecified atom stereocenters. The molecule has 1 heterocycles. The predicted octanol–water partition coefficient (Wildman–Crippen LogP) is 2.02. The lowest BCUT2D eigenvalue weighted by atomic mass is 10.00. The summed E-state index contributed by atoms with van der Waals surface area (Å²) in [5, 5.41) is 0. The van der Waals surface area contributed by atoms with Crippen molar-refractivity contribution in [3.63, 3.8) is 0 Å². The second-order valence-corrected chi connectivity index (χ2v) is 9.00. The molecular formula is C17H26N2O3S. The number of carbonyl (C=O) groups is 1. The first-order chi connectivity index (χ1) is 10.6. The number of hydrogen-bond donors (Lipinski definition) is 0. The third-order valence-electron chi connectivity index (χ3n) is 4.16. The largest absolute Gasteiger partial charge is 0.338 e. The summed E-state index contributed by atoms with van der Waals surface area (Å²) >= 11 is 0. The van der Waals surface area contributed by atoms with Gasteiger partial charge in [-0.3, -0.25) is 4.79 Å². The van der Waals surface area contributed by atoms with E-state index in [4.69, 9.17) is 0 Å². The molecule has 1 amide bonds. The molecule has 1 aliphatic rings. The number of hydrogen-bond acceptors (Lipinski definition) is 3. The van der Waals surface area contributed by atoms with E-state index in [1.807, 2.05) is 43.9 Å². The van der Waals surface area contributed by atoms with E-state index in [1.54, 1.807) is 0 Å². The van der Waals surface area contributed by atoms with Crippen molar-refractivity contribution in [1.82, 2.24) is 9.21 Å². The van der Waals surface area contributed by atoms with Gasteiger partial charge in [0.05, 0.1) is 6.26 Å². The Morgan fingerprint density at radius 3 is 2.39 bits per heavy atom. The molecule has 128 valence electrons. The fourth-order valence-corrected chi connectivity index (χ4v) is 4.48. The Hall–Kier alpha value is -1.40. The molecule has 5 nitrogen and oxygen atoms in total. The first kappa shape index (κ1) is 17.9. The predicted molar refractivity (Wildman–Crippen MR) is 91.5 cm³/mol. The second kappa shape index (κ2) is 6.61. The van der Waals surface area contributed by atoms with Crippen molar-refractivity contribution in [2.45, 2.75) is 45.7 Å². The second-order valence-electron chi connectivity index (χ2n) is 7.09. The van der Waals surface area contributed by atoms with Crippen LogP contribution >= 0.6 is 0 Å². The Morgan fingerprint density at radius 2 is 1.83 bits per heavy atom. The van der Waals surface area contributed by atoms with Crippen LogP contribution in [0.3, 0.4) is 0 Å². The molecule has 1 aromatic rings. The van der Waals surface area contributed by atoms with Gasteiger partial charge in [-0.05, 0) is 38.3 Å². The number of amides is 1. The van der Waals surface area contributed by atoms with E-state index in [0.29, 0.717) is 13.1 Å². The summed E-state index contributed by atoms with van der Waals surface area (Å²) in [6.45, 7) is 7.06. The maximum Gasteiger partial charge on any atom is 0.224 e. The highest BCUT2D eigenvalue weighted by Gasteiger charge is 2.30. The number of nitrogens with zero attached hydrogens (tertiary/aromatic N) is 2. The molecule has 0 bridgehead atoms. The van der Waals surface area contributed by atoms with Crippen molar-refractivity contribution in [2.75, 3.05) is 19.3 Å². The molecule has 0 radical (unpaired) electrons. The van der Waals surface area contributed by atoms with Crippen LogP contribution < -0.4 is 0 Å². The van der Waals surface area contributed by atoms with Crippen LogP contribution in [0.4, 0.5) is 0 Å². The average molecular weight is 338 g/mol. The summed E-state index contributed by atoms with van der Waals surface area (Å²) in [5.74, 6) is 0.0115. The van der Waals surface area contributed by atoms with Crippen LogP contribution in [0.5, 0.6) is 0 Å². The van der Waals surface area contributed by atoms with Crippen molar-refractivity contribution < 1.29 is 13.2 Å². The highest BCUT2D eigenvalue weighted by Crippen LogP contribution is 2.21. The van der Waals surface area contributed by atoms with Crippen LogP contribution in [0.2, 0.25) is 0 Å². The number of sulfonamides is 1. The number of rotatable bonds is 4. The number of fused-ring (bicyclic) bond motifs is 1. The third kappa shape index (κ3) is 4.54. The van der Waals surface area contributed by atoms with Crippen molar-refractivity contribution >= 4 is 15.9 Å². The molecule has 2 rings (SSSR count). The minimum Gasteiger partial charge on any atom is -0.338 e. The van der Waals surface area contributed by atoms with Gasteiger partial charge in [0.1, 0.15) is 0 Å². The molecule has 0 saturated carbocycles. The van der Waals surface area contributed by atoms with Crippen LogP contribution in [0.25, 0.3) is 0 Å². The van der Waals surface area contributed by atoms with Crippen molar-refractivity contribution in [3.8, 4) is 0 Å². The topological polar surface area (TPSA) is 57.7 Å². The molecule has 1 aliphatic heterocycles. The van der Waals surface area contributed by atoms with Crippen molar-refractivity contribution in [1.29, 1.82) is 0 Å². The van der Waals surface area contributed by atoms with Gasteiger partial charge >= 0.3 is 0 Å². The van der Waals surface area contributed by atoms with Crippen LogP contribution in [0.15, 0.2) is 24.3 Å². The van der Waals surface area contributed by atoms with E-state index in [2.05, 4.69) is 6.07 Å². The number of carbonyl (C=O) groups excluding carboxylic acids is 1. The molecule has 1 aromatic carbocycles. The Kier molecular flexibility index (Phi) is 5.16. The van der Waals surface area contributed by atoms with Gasteiger partial charge in [-0.1, -0.05) is 24.3 Å². The van der Waals surface area contributed by atoms with Gasteiger partial charge in [-0.2, -0.15) is 4.31 Å². The van der Waals surface area contributed by atoms with E-state index in [0.717, 1.165) is 6.42 Å². The quantitative estimate of drug-likeness (QED) is 0.844. The summed E-state index contributed by atoms with van der Waals surface area (Å²) in [4.78, 5) is 14.3. The molecule has 0 fully saturated rings.